The van der Waals surface area contributed by atoms with E-state index in [0.717, 1.165) is 28.2 Å². The molecule has 0 radical (unpaired) electrons. The summed E-state index contributed by atoms with van der Waals surface area (Å²) in [5, 5.41) is 5.11. The first-order valence-corrected chi connectivity index (χ1v) is 17.1. The van der Waals surface area contributed by atoms with E-state index in [4.69, 9.17) is 4.98 Å². The zero-order valence-corrected chi connectivity index (χ0v) is 27.1. The summed E-state index contributed by atoms with van der Waals surface area (Å²) in [6.45, 7) is 2.10. The minimum atomic E-state index is 0.983. The zero-order chi connectivity index (χ0) is 31.8. The number of imidazole rings is 1. The predicted octanol–water partition coefficient (Wildman–Crippen LogP) is 12.1. The minimum Gasteiger partial charge on any atom is -0.309 e. The number of rotatable bonds is 4. The molecule has 7 aromatic carbocycles. The molecule has 0 unspecified atom stereocenters. The van der Waals surface area contributed by atoms with Gasteiger partial charge in [-0.1, -0.05) is 97.1 Å². The fourth-order valence-corrected chi connectivity index (χ4v) is 8.74. The third-order valence-corrected chi connectivity index (χ3v) is 10.9. The fourth-order valence-electron chi connectivity index (χ4n) is 7.52. The van der Waals surface area contributed by atoms with Gasteiger partial charge in [-0.2, -0.15) is 0 Å². The van der Waals surface area contributed by atoms with Crippen molar-refractivity contribution in [3.8, 4) is 33.6 Å². The SMILES string of the molecule is Cc1nc2ccccc2n1-c1cc(-c2cccc(-c3cccc(-n4c5ccccc5c5ccccc54)c3)c2)c2sc3ccccc3c2c1. The van der Waals surface area contributed by atoms with Gasteiger partial charge in [-0.15, -0.1) is 11.3 Å². The Morgan fingerprint density at radius 1 is 0.458 bits per heavy atom. The standard InChI is InChI=1S/C44H29N3S/c1-28-45-39-19-5-8-22-42(39)46(28)33-26-37(44-38(27-33)36-18-4-9-23-43(36)48-44)31-14-10-12-29(24-31)30-13-11-15-32(25-30)47-40-20-6-2-16-34(40)35-17-3-7-21-41(35)47/h2-27H,1H3. The molecule has 0 saturated heterocycles. The maximum Gasteiger partial charge on any atom is 0.111 e. The maximum atomic E-state index is 4.91. The van der Waals surface area contributed by atoms with Crippen LogP contribution in [0.3, 0.4) is 0 Å². The third-order valence-electron chi connectivity index (χ3n) is 9.64. The summed E-state index contributed by atoms with van der Waals surface area (Å²) in [7, 11) is 0. The molecular formula is C44H29N3S. The molecule has 226 valence electrons. The summed E-state index contributed by atoms with van der Waals surface area (Å²) in [4.78, 5) is 4.91. The van der Waals surface area contributed by atoms with Gasteiger partial charge in [0.1, 0.15) is 5.82 Å². The van der Waals surface area contributed by atoms with Crippen molar-refractivity contribution in [3.05, 3.63) is 164 Å². The van der Waals surface area contributed by atoms with Crippen LogP contribution in [0.25, 0.3) is 86.6 Å². The predicted molar refractivity (Wildman–Crippen MR) is 204 cm³/mol. The van der Waals surface area contributed by atoms with Crippen LogP contribution < -0.4 is 0 Å². The van der Waals surface area contributed by atoms with Gasteiger partial charge in [-0.25, -0.2) is 4.98 Å². The van der Waals surface area contributed by atoms with Crippen molar-refractivity contribution in [2.75, 3.05) is 0 Å². The van der Waals surface area contributed by atoms with Gasteiger partial charge in [0.05, 0.1) is 22.1 Å². The second-order valence-corrected chi connectivity index (χ2v) is 13.5. The topological polar surface area (TPSA) is 22.8 Å². The fraction of sp³-hybridized carbons (Fsp3) is 0.0227. The second-order valence-electron chi connectivity index (χ2n) is 12.5. The number of fused-ring (bicyclic) bond motifs is 7. The summed E-state index contributed by atoms with van der Waals surface area (Å²) >= 11 is 1.87. The first kappa shape index (κ1) is 27.2. The lowest BCUT2D eigenvalue weighted by molar-refractivity contribution is 1.00. The first-order chi connectivity index (χ1) is 23.7. The summed E-state index contributed by atoms with van der Waals surface area (Å²) in [5.74, 6) is 0.983. The van der Waals surface area contributed by atoms with E-state index in [9.17, 15) is 0 Å². The van der Waals surface area contributed by atoms with Crippen molar-refractivity contribution in [2.45, 2.75) is 6.92 Å². The van der Waals surface area contributed by atoms with E-state index in [-0.39, 0.29) is 0 Å². The van der Waals surface area contributed by atoms with Crippen LogP contribution in [-0.2, 0) is 0 Å². The van der Waals surface area contributed by atoms with E-state index in [0.29, 0.717) is 0 Å². The average Bonchev–Trinajstić information content (AvgIpc) is 3.80. The first-order valence-electron chi connectivity index (χ1n) is 16.3. The molecule has 0 N–H and O–H groups in total. The van der Waals surface area contributed by atoms with E-state index in [1.807, 2.05) is 11.3 Å². The normalized spacial score (nSPS) is 11.9. The molecule has 0 aliphatic carbocycles. The van der Waals surface area contributed by atoms with Crippen LogP contribution >= 0.6 is 11.3 Å². The van der Waals surface area contributed by atoms with Crippen molar-refractivity contribution < 1.29 is 0 Å². The quantitative estimate of drug-likeness (QED) is 0.189. The monoisotopic (exact) mass is 631 g/mol. The van der Waals surface area contributed by atoms with E-state index in [1.54, 1.807) is 0 Å². The molecule has 48 heavy (non-hydrogen) atoms. The van der Waals surface area contributed by atoms with Gasteiger partial charge >= 0.3 is 0 Å². The van der Waals surface area contributed by atoms with E-state index in [1.165, 1.54) is 64.2 Å². The number of hydrogen-bond acceptors (Lipinski definition) is 2. The summed E-state index contributed by atoms with van der Waals surface area (Å²) in [6.07, 6.45) is 0. The van der Waals surface area contributed by atoms with E-state index < -0.39 is 0 Å². The Hall–Kier alpha value is -5.97. The van der Waals surface area contributed by atoms with Crippen LogP contribution in [0.4, 0.5) is 0 Å². The molecule has 0 saturated carbocycles. The van der Waals surface area contributed by atoms with Crippen LogP contribution in [-0.4, -0.2) is 14.1 Å². The van der Waals surface area contributed by atoms with E-state index in [2.05, 4.69) is 174 Å². The Bertz CT molecular complexity index is 2810. The van der Waals surface area contributed by atoms with Gasteiger partial charge in [0.2, 0.25) is 0 Å². The highest BCUT2D eigenvalue weighted by molar-refractivity contribution is 7.26. The largest absolute Gasteiger partial charge is 0.309 e. The molecule has 4 heteroatoms. The number of hydrogen-bond donors (Lipinski definition) is 0. The van der Waals surface area contributed by atoms with Crippen LogP contribution in [0, 0.1) is 6.92 Å². The molecule has 3 aromatic heterocycles. The summed E-state index contributed by atoms with van der Waals surface area (Å²) in [6, 6.07) is 57.2. The number of para-hydroxylation sites is 4. The maximum absolute atomic E-state index is 4.91. The molecule has 0 bridgehead atoms. The lowest BCUT2D eigenvalue weighted by atomic mass is 9.97. The van der Waals surface area contributed by atoms with Gasteiger partial charge in [0.25, 0.3) is 0 Å². The molecule has 3 nitrogen and oxygen atoms in total. The van der Waals surface area contributed by atoms with Crippen molar-refractivity contribution in [1.82, 2.24) is 14.1 Å². The van der Waals surface area contributed by atoms with Gasteiger partial charge < -0.3 is 4.57 Å². The molecule has 3 heterocycles. The van der Waals surface area contributed by atoms with Crippen LogP contribution in [0.2, 0.25) is 0 Å². The highest BCUT2D eigenvalue weighted by atomic mass is 32.1. The molecule has 0 fully saturated rings. The molecule has 10 aromatic rings. The lowest BCUT2D eigenvalue weighted by Gasteiger charge is -2.13. The molecule has 10 rings (SSSR count). The molecule has 0 atom stereocenters. The average molecular weight is 632 g/mol. The van der Waals surface area contributed by atoms with Crippen LogP contribution in [0.15, 0.2) is 158 Å². The highest BCUT2D eigenvalue weighted by Crippen LogP contribution is 2.43. The smallest absolute Gasteiger partial charge is 0.111 e. The summed E-state index contributed by atoms with van der Waals surface area (Å²) < 4.78 is 7.29. The molecule has 0 aliphatic heterocycles. The number of aromatic nitrogens is 3. The Morgan fingerprint density at radius 3 is 1.88 bits per heavy atom. The minimum absolute atomic E-state index is 0.983. The summed E-state index contributed by atoms with van der Waals surface area (Å²) in [5.41, 5.74) is 11.7. The Balaban J connectivity index is 1.17. The van der Waals surface area contributed by atoms with Gasteiger partial charge in [-0.3, -0.25) is 4.57 Å². The number of nitrogens with zero attached hydrogens (tertiary/aromatic N) is 3. The van der Waals surface area contributed by atoms with E-state index >= 15 is 0 Å². The Kier molecular flexibility index (Phi) is 5.96. The molecular weight excluding hydrogens is 603 g/mol. The number of aryl methyl sites for hydroxylation is 1. The molecule has 0 amide bonds. The second kappa shape index (κ2) is 10.5. The van der Waals surface area contributed by atoms with Crippen molar-refractivity contribution in [1.29, 1.82) is 0 Å². The van der Waals surface area contributed by atoms with Gasteiger partial charge in [0, 0.05) is 47.9 Å². The van der Waals surface area contributed by atoms with Crippen LogP contribution in [0.5, 0.6) is 0 Å². The molecule has 0 aliphatic rings. The molecule has 0 spiro atoms. The van der Waals surface area contributed by atoms with Crippen molar-refractivity contribution >= 4 is 64.3 Å². The number of benzene rings is 7. The highest BCUT2D eigenvalue weighted by Gasteiger charge is 2.17. The van der Waals surface area contributed by atoms with Crippen molar-refractivity contribution in [3.63, 3.8) is 0 Å². The van der Waals surface area contributed by atoms with Crippen molar-refractivity contribution in [2.24, 2.45) is 0 Å². The number of thiophene rings is 1. The lowest BCUT2D eigenvalue weighted by Crippen LogP contribution is -1.97. The third kappa shape index (κ3) is 4.09. The Morgan fingerprint density at radius 2 is 1.08 bits per heavy atom. The van der Waals surface area contributed by atoms with Crippen LogP contribution in [0.1, 0.15) is 5.82 Å². The van der Waals surface area contributed by atoms with Gasteiger partial charge in [-0.05, 0) is 84.3 Å². The Labute approximate surface area is 281 Å². The zero-order valence-electron chi connectivity index (χ0n) is 26.3. The van der Waals surface area contributed by atoms with Gasteiger partial charge in [0.15, 0.2) is 0 Å².